The molecule has 168 valence electrons. The Morgan fingerprint density at radius 3 is 2.50 bits per heavy atom. The van der Waals surface area contributed by atoms with E-state index < -0.39 is 10.1 Å². The van der Waals surface area contributed by atoms with Gasteiger partial charge in [-0.2, -0.15) is 8.42 Å². The van der Waals surface area contributed by atoms with Gasteiger partial charge in [-0.05, 0) is 46.0 Å². The van der Waals surface area contributed by atoms with Crippen molar-refractivity contribution in [2.75, 3.05) is 30.0 Å². The zero-order chi connectivity index (χ0) is 22.1. The first-order valence-corrected chi connectivity index (χ1v) is 12.0. The molecule has 0 aliphatic heterocycles. The lowest BCUT2D eigenvalue weighted by atomic mass is 9.86. The minimum Gasteiger partial charge on any atom is -0.382 e. The maximum absolute atomic E-state index is 10.8. The molecule has 1 aliphatic carbocycles. The lowest BCUT2D eigenvalue weighted by Crippen LogP contribution is -2.28. The predicted octanol–water partition coefficient (Wildman–Crippen LogP) is 2.11. The standard InChI is InChI=1S/C19H32N6O4S/c1-12(2)24(3)19-21-15-16(20)22-17(23-18(15)25(19)4)13-6-8-14(9-7-13)29-10-5-11-30(26,27)28/h12-14H,5-11H2,1-4H3,(H2,20,22,23)(H,26,27,28). The summed E-state index contributed by atoms with van der Waals surface area (Å²) in [7, 11) is 0.0106. The molecule has 1 aliphatic rings. The van der Waals surface area contributed by atoms with Crippen molar-refractivity contribution in [3.8, 4) is 0 Å². The molecular weight excluding hydrogens is 408 g/mol. The minimum atomic E-state index is -3.92. The van der Waals surface area contributed by atoms with E-state index in [4.69, 9.17) is 20.0 Å². The van der Waals surface area contributed by atoms with Crippen LogP contribution in [0.3, 0.4) is 0 Å². The van der Waals surface area contributed by atoms with Crippen molar-refractivity contribution in [1.29, 1.82) is 0 Å². The fourth-order valence-corrected chi connectivity index (χ4v) is 4.28. The average molecular weight is 441 g/mol. The highest BCUT2D eigenvalue weighted by Crippen LogP contribution is 2.34. The average Bonchev–Trinajstić information content (AvgIpc) is 3.01. The molecule has 0 bridgehead atoms. The van der Waals surface area contributed by atoms with Crippen LogP contribution in [0.1, 0.15) is 57.7 Å². The number of aromatic nitrogens is 4. The summed E-state index contributed by atoms with van der Waals surface area (Å²) in [5, 5.41) is 0. The number of ether oxygens (including phenoxy) is 1. The number of imidazole rings is 1. The normalized spacial score (nSPS) is 20.2. The summed E-state index contributed by atoms with van der Waals surface area (Å²) in [5.41, 5.74) is 7.59. The summed E-state index contributed by atoms with van der Waals surface area (Å²) in [6, 6.07) is 0.293. The Hall–Kier alpha value is -1.98. The van der Waals surface area contributed by atoms with Crippen molar-refractivity contribution in [1.82, 2.24) is 19.5 Å². The molecule has 0 amide bonds. The van der Waals surface area contributed by atoms with Crippen LogP contribution >= 0.6 is 0 Å². The largest absolute Gasteiger partial charge is 0.382 e. The van der Waals surface area contributed by atoms with Gasteiger partial charge in [-0.15, -0.1) is 0 Å². The molecule has 3 rings (SSSR count). The number of hydrogen-bond acceptors (Lipinski definition) is 8. The Kier molecular flexibility index (Phi) is 6.83. The van der Waals surface area contributed by atoms with Crippen LogP contribution in [0.4, 0.5) is 11.8 Å². The fraction of sp³-hybridized carbons (Fsp3) is 0.737. The number of nitrogens with zero attached hydrogens (tertiary/aromatic N) is 5. The predicted molar refractivity (Wildman–Crippen MR) is 116 cm³/mol. The van der Waals surface area contributed by atoms with Gasteiger partial charge in [-0.3, -0.25) is 9.12 Å². The van der Waals surface area contributed by atoms with E-state index in [9.17, 15) is 8.42 Å². The van der Waals surface area contributed by atoms with Crippen LogP contribution < -0.4 is 10.6 Å². The third-order valence-electron chi connectivity index (χ3n) is 5.77. The summed E-state index contributed by atoms with van der Waals surface area (Å²) < 4.78 is 38.0. The van der Waals surface area contributed by atoms with Gasteiger partial charge in [0.15, 0.2) is 17.0 Å². The van der Waals surface area contributed by atoms with Gasteiger partial charge in [-0.1, -0.05) is 0 Å². The summed E-state index contributed by atoms with van der Waals surface area (Å²) >= 11 is 0. The van der Waals surface area contributed by atoms with E-state index in [0.717, 1.165) is 43.1 Å². The highest BCUT2D eigenvalue weighted by molar-refractivity contribution is 7.85. The molecule has 2 aromatic heterocycles. The van der Waals surface area contributed by atoms with Crippen molar-refractivity contribution in [3.05, 3.63) is 5.82 Å². The van der Waals surface area contributed by atoms with E-state index in [-0.39, 0.29) is 17.8 Å². The Bertz CT molecular complexity index is 983. The molecule has 0 aromatic carbocycles. The van der Waals surface area contributed by atoms with Gasteiger partial charge in [0.1, 0.15) is 5.82 Å². The smallest absolute Gasteiger partial charge is 0.264 e. The highest BCUT2D eigenvalue weighted by atomic mass is 32.2. The van der Waals surface area contributed by atoms with Crippen LogP contribution in [0.15, 0.2) is 0 Å². The Morgan fingerprint density at radius 2 is 1.90 bits per heavy atom. The third-order valence-corrected chi connectivity index (χ3v) is 6.57. The topological polar surface area (TPSA) is 136 Å². The highest BCUT2D eigenvalue weighted by Gasteiger charge is 2.27. The van der Waals surface area contributed by atoms with Crippen molar-refractivity contribution in [3.63, 3.8) is 0 Å². The molecule has 0 unspecified atom stereocenters. The van der Waals surface area contributed by atoms with Gasteiger partial charge >= 0.3 is 0 Å². The maximum Gasteiger partial charge on any atom is 0.264 e. The molecule has 1 fully saturated rings. The number of aryl methyl sites for hydroxylation is 1. The van der Waals surface area contributed by atoms with Crippen LogP contribution in [-0.2, 0) is 21.9 Å². The number of hydrogen-bond donors (Lipinski definition) is 2. The van der Waals surface area contributed by atoms with Crippen molar-refractivity contribution >= 4 is 33.0 Å². The van der Waals surface area contributed by atoms with E-state index in [0.29, 0.717) is 30.4 Å². The minimum absolute atomic E-state index is 0.0896. The number of fused-ring (bicyclic) bond motifs is 1. The molecule has 0 spiro atoms. The number of nitrogens with two attached hydrogens (primary N) is 1. The molecule has 11 heteroatoms. The first-order valence-electron chi connectivity index (χ1n) is 10.4. The second-order valence-electron chi connectivity index (χ2n) is 8.30. The van der Waals surface area contributed by atoms with Gasteiger partial charge in [0.25, 0.3) is 10.1 Å². The third kappa shape index (κ3) is 5.19. The number of nitrogen functional groups attached to an aromatic ring is 1. The van der Waals surface area contributed by atoms with E-state index in [1.54, 1.807) is 0 Å². The quantitative estimate of drug-likeness (QED) is 0.467. The number of anilines is 2. The van der Waals surface area contributed by atoms with Crippen LogP contribution in [0.2, 0.25) is 0 Å². The monoisotopic (exact) mass is 440 g/mol. The molecule has 0 atom stereocenters. The van der Waals surface area contributed by atoms with E-state index in [1.165, 1.54) is 0 Å². The SMILES string of the molecule is CC(C)N(C)c1nc2c(N)nc(C3CCC(OCCCS(=O)(=O)O)CC3)nc2n1C. The first kappa shape index (κ1) is 22.7. The molecule has 2 aromatic rings. The molecule has 1 saturated carbocycles. The molecule has 0 saturated heterocycles. The molecular formula is C19H32N6O4S. The van der Waals surface area contributed by atoms with Crippen LogP contribution in [0.25, 0.3) is 11.2 Å². The van der Waals surface area contributed by atoms with Crippen molar-refractivity contribution in [2.24, 2.45) is 7.05 Å². The Balaban J connectivity index is 1.66. The summed E-state index contributed by atoms with van der Waals surface area (Å²) in [4.78, 5) is 16.1. The summed E-state index contributed by atoms with van der Waals surface area (Å²) in [6.45, 7) is 4.53. The molecule has 30 heavy (non-hydrogen) atoms. The molecule has 10 nitrogen and oxygen atoms in total. The van der Waals surface area contributed by atoms with Crippen molar-refractivity contribution in [2.45, 2.75) is 64.0 Å². The van der Waals surface area contributed by atoms with E-state index in [1.807, 2.05) is 18.7 Å². The molecule has 3 N–H and O–H groups in total. The van der Waals surface area contributed by atoms with Crippen LogP contribution in [0, 0.1) is 0 Å². The maximum atomic E-state index is 10.8. The summed E-state index contributed by atoms with van der Waals surface area (Å²) in [6.07, 6.45) is 3.85. The van der Waals surface area contributed by atoms with E-state index >= 15 is 0 Å². The Labute approximate surface area is 177 Å². The molecule has 0 radical (unpaired) electrons. The van der Waals surface area contributed by atoms with Crippen molar-refractivity contribution < 1.29 is 17.7 Å². The summed E-state index contributed by atoms with van der Waals surface area (Å²) in [5.74, 6) is 1.88. The fourth-order valence-electron chi connectivity index (χ4n) is 3.80. The lowest BCUT2D eigenvalue weighted by molar-refractivity contribution is 0.0247. The van der Waals surface area contributed by atoms with Gasteiger partial charge < -0.3 is 15.4 Å². The number of rotatable bonds is 8. The van der Waals surface area contributed by atoms with E-state index in [2.05, 4.69) is 28.7 Å². The van der Waals surface area contributed by atoms with Crippen LogP contribution in [0.5, 0.6) is 0 Å². The lowest BCUT2D eigenvalue weighted by Gasteiger charge is -2.27. The van der Waals surface area contributed by atoms with Gasteiger partial charge in [0.05, 0.1) is 11.9 Å². The van der Waals surface area contributed by atoms with Crippen LogP contribution in [-0.4, -0.2) is 64.0 Å². The second-order valence-corrected chi connectivity index (χ2v) is 9.87. The first-order chi connectivity index (χ1) is 14.1. The van der Waals surface area contributed by atoms with Gasteiger partial charge in [-0.25, -0.2) is 15.0 Å². The van der Waals surface area contributed by atoms with Gasteiger partial charge in [0, 0.05) is 32.7 Å². The Morgan fingerprint density at radius 1 is 1.23 bits per heavy atom. The zero-order valence-electron chi connectivity index (χ0n) is 18.1. The zero-order valence-corrected chi connectivity index (χ0v) is 18.9. The second kappa shape index (κ2) is 9.03. The molecule has 2 heterocycles. The van der Waals surface area contributed by atoms with Gasteiger partial charge in [0.2, 0.25) is 5.95 Å².